The van der Waals surface area contributed by atoms with Gasteiger partial charge in [0.1, 0.15) is 11.2 Å². The lowest BCUT2D eigenvalue weighted by Crippen LogP contribution is -2.00. The number of benzene rings is 1. The summed E-state index contributed by atoms with van der Waals surface area (Å²) in [5.74, 6) is 0.707. The lowest BCUT2D eigenvalue weighted by atomic mass is 10.1. The Bertz CT molecular complexity index is 1180. The number of nitrogen functional groups attached to an aromatic ring is 1. The van der Waals surface area contributed by atoms with Crippen LogP contribution < -0.4 is 5.73 Å². The number of hydrogen-bond acceptors (Lipinski definition) is 7. The average Bonchev–Trinajstić information content (AvgIpc) is 3.05. The van der Waals surface area contributed by atoms with Crippen LogP contribution in [0.3, 0.4) is 0 Å². The number of H-pyrrole nitrogens is 1. The van der Waals surface area contributed by atoms with Crippen LogP contribution >= 0.6 is 0 Å². The summed E-state index contributed by atoms with van der Waals surface area (Å²) in [6.45, 7) is 0. The number of aromatic nitrogens is 5. The first-order valence-corrected chi connectivity index (χ1v) is 9.55. The van der Waals surface area contributed by atoms with Crippen molar-refractivity contribution < 1.29 is 8.42 Å². The van der Waals surface area contributed by atoms with Crippen molar-refractivity contribution in [3.8, 4) is 22.8 Å². The zero-order valence-electron chi connectivity index (χ0n) is 13.7. The quantitative estimate of drug-likeness (QED) is 0.568. The highest BCUT2D eigenvalue weighted by Crippen LogP contribution is 2.26. The highest BCUT2D eigenvalue weighted by Gasteiger charge is 2.14. The summed E-state index contributed by atoms with van der Waals surface area (Å²) in [5, 5.41) is 0. The number of nitrogens with two attached hydrogens (primary N) is 1. The van der Waals surface area contributed by atoms with E-state index in [1.165, 1.54) is 24.6 Å². The minimum Gasteiger partial charge on any atom is -0.382 e. The summed E-state index contributed by atoms with van der Waals surface area (Å²) in [6, 6.07) is 10.1. The van der Waals surface area contributed by atoms with Gasteiger partial charge in [-0.2, -0.15) is 0 Å². The largest absolute Gasteiger partial charge is 0.382 e. The number of sulfone groups is 1. The summed E-state index contributed by atoms with van der Waals surface area (Å²) in [4.78, 5) is 20.7. The molecule has 8 nitrogen and oxygen atoms in total. The Morgan fingerprint density at radius 3 is 2.50 bits per heavy atom. The smallest absolute Gasteiger partial charge is 0.175 e. The molecule has 0 unspecified atom stereocenters. The highest BCUT2D eigenvalue weighted by molar-refractivity contribution is 7.90. The van der Waals surface area contributed by atoms with Gasteiger partial charge in [-0.25, -0.2) is 28.4 Å². The second-order valence-electron chi connectivity index (χ2n) is 5.74. The molecule has 0 aliphatic rings. The summed E-state index contributed by atoms with van der Waals surface area (Å²) in [7, 11) is -3.25. The second-order valence-corrected chi connectivity index (χ2v) is 7.76. The standard InChI is InChI=1S/C17H14N6O2S/c1-26(24,25)11-6-4-10(5-7-11)13-9-20-15(18)14(21-13)17-22-12-3-2-8-19-16(12)23-17/h2-9H,1H3,(H2,18,20)(H,19,22,23). The van der Waals surface area contributed by atoms with Gasteiger partial charge in [-0.05, 0) is 24.3 Å². The lowest BCUT2D eigenvalue weighted by molar-refractivity contribution is 0.602. The number of hydrogen-bond donors (Lipinski definition) is 2. The zero-order valence-corrected chi connectivity index (χ0v) is 14.5. The number of aromatic amines is 1. The lowest BCUT2D eigenvalue weighted by Gasteiger charge is -2.06. The van der Waals surface area contributed by atoms with Crippen molar-refractivity contribution >= 4 is 26.8 Å². The van der Waals surface area contributed by atoms with Crippen LogP contribution in [0.2, 0.25) is 0 Å². The van der Waals surface area contributed by atoms with Crippen LogP contribution in [-0.4, -0.2) is 39.6 Å². The van der Waals surface area contributed by atoms with Gasteiger partial charge in [0, 0.05) is 18.0 Å². The predicted octanol–water partition coefficient (Wildman–Crippen LogP) is 2.07. The van der Waals surface area contributed by atoms with Crippen LogP contribution in [0, 0.1) is 0 Å². The van der Waals surface area contributed by atoms with E-state index in [2.05, 4.69) is 24.9 Å². The van der Waals surface area contributed by atoms with E-state index in [1.807, 2.05) is 6.07 Å². The van der Waals surface area contributed by atoms with E-state index in [4.69, 9.17) is 5.73 Å². The van der Waals surface area contributed by atoms with Gasteiger partial charge in [0.2, 0.25) is 0 Å². The van der Waals surface area contributed by atoms with Crippen LogP contribution in [0.1, 0.15) is 0 Å². The SMILES string of the molecule is CS(=O)(=O)c1ccc(-c2cnc(N)c(-c3nc4cccnc4[nH]3)n2)cc1. The second kappa shape index (κ2) is 5.88. The van der Waals surface area contributed by atoms with Gasteiger partial charge in [0.25, 0.3) is 0 Å². The van der Waals surface area contributed by atoms with Crippen molar-refractivity contribution in [2.24, 2.45) is 0 Å². The Morgan fingerprint density at radius 1 is 1.04 bits per heavy atom. The van der Waals surface area contributed by atoms with Crippen molar-refractivity contribution in [1.82, 2.24) is 24.9 Å². The van der Waals surface area contributed by atoms with Gasteiger partial charge < -0.3 is 10.7 Å². The molecule has 0 bridgehead atoms. The maximum absolute atomic E-state index is 11.6. The van der Waals surface area contributed by atoms with E-state index < -0.39 is 9.84 Å². The van der Waals surface area contributed by atoms with Crippen molar-refractivity contribution in [2.45, 2.75) is 4.90 Å². The molecule has 3 aromatic heterocycles. The van der Waals surface area contributed by atoms with Crippen molar-refractivity contribution in [3.05, 3.63) is 48.8 Å². The van der Waals surface area contributed by atoms with E-state index in [-0.39, 0.29) is 10.7 Å². The number of imidazole rings is 1. The summed E-state index contributed by atoms with van der Waals surface area (Å²) >= 11 is 0. The minimum atomic E-state index is -3.25. The molecule has 0 saturated heterocycles. The maximum Gasteiger partial charge on any atom is 0.175 e. The summed E-state index contributed by atoms with van der Waals surface area (Å²) < 4.78 is 23.2. The fraction of sp³-hybridized carbons (Fsp3) is 0.0588. The molecule has 9 heteroatoms. The van der Waals surface area contributed by atoms with Gasteiger partial charge in [-0.1, -0.05) is 12.1 Å². The number of pyridine rings is 1. The third-order valence-electron chi connectivity index (χ3n) is 3.86. The van der Waals surface area contributed by atoms with Crippen LogP contribution in [-0.2, 0) is 9.84 Å². The van der Waals surface area contributed by atoms with Crippen LogP contribution in [0.4, 0.5) is 5.82 Å². The van der Waals surface area contributed by atoms with E-state index in [0.29, 0.717) is 28.4 Å². The summed E-state index contributed by atoms with van der Waals surface area (Å²) in [6.07, 6.45) is 4.37. The highest BCUT2D eigenvalue weighted by atomic mass is 32.2. The van der Waals surface area contributed by atoms with Crippen molar-refractivity contribution in [3.63, 3.8) is 0 Å². The Hall–Kier alpha value is -3.33. The molecule has 26 heavy (non-hydrogen) atoms. The Kier molecular flexibility index (Phi) is 3.66. The molecule has 0 atom stereocenters. The normalized spacial score (nSPS) is 11.7. The number of nitrogens with zero attached hydrogens (tertiary/aromatic N) is 4. The van der Waals surface area contributed by atoms with Gasteiger partial charge >= 0.3 is 0 Å². The Labute approximate surface area is 149 Å². The molecule has 3 heterocycles. The average molecular weight is 366 g/mol. The molecular weight excluding hydrogens is 352 g/mol. The molecule has 4 aromatic rings. The molecule has 0 amide bonds. The molecule has 3 N–H and O–H groups in total. The first-order chi connectivity index (χ1) is 12.4. The molecule has 0 aliphatic heterocycles. The van der Waals surface area contributed by atoms with Crippen LogP contribution in [0.15, 0.2) is 53.7 Å². The topological polar surface area (TPSA) is 128 Å². The third kappa shape index (κ3) is 2.88. The number of fused-ring (bicyclic) bond motifs is 1. The Balaban J connectivity index is 1.79. The molecule has 0 saturated carbocycles. The molecule has 130 valence electrons. The molecular formula is C17H14N6O2S. The van der Waals surface area contributed by atoms with Crippen molar-refractivity contribution in [1.29, 1.82) is 0 Å². The molecule has 1 aromatic carbocycles. The van der Waals surface area contributed by atoms with E-state index in [1.54, 1.807) is 24.4 Å². The zero-order chi connectivity index (χ0) is 18.3. The monoisotopic (exact) mass is 366 g/mol. The molecule has 0 radical (unpaired) electrons. The fourth-order valence-electron chi connectivity index (χ4n) is 2.54. The number of nitrogens with one attached hydrogen (secondary N) is 1. The van der Waals surface area contributed by atoms with Crippen LogP contribution in [0.5, 0.6) is 0 Å². The minimum absolute atomic E-state index is 0.237. The predicted molar refractivity (Wildman–Crippen MR) is 97.9 cm³/mol. The van der Waals surface area contributed by atoms with Gasteiger partial charge in [0.05, 0.1) is 16.8 Å². The fourth-order valence-corrected chi connectivity index (χ4v) is 3.17. The maximum atomic E-state index is 11.6. The molecule has 0 fully saturated rings. The van der Waals surface area contributed by atoms with E-state index >= 15 is 0 Å². The van der Waals surface area contributed by atoms with Crippen LogP contribution in [0.25, 0.3) is 33.9 Å². The van der Waals surface area contributed by atoms with Crippen molar-refractivity contribution in [2.75, 3.05) is 12.0 Å². The Morgan fingerprint density at radius 2 is 1.81 bits per heavy atom. The third-order valence-corrected chi connectivity index (χ3v) is 4.99. The van der Waals surface area contributed by atoms with E-state index in [0.717, 1.165) is 5.56 Å². The first-order valence-electron chi connectivity index (χ1n) is 7.66. The summed E-state index contributed by atoms with van der Waals surface area (Å²) in [5.41, 5.74) is 8.99. The first kappa shape index (κ1) is 16.2. The van der Waals surface area contributed by atoms with Gasteiger partial charge in [0.15, 0.2) is 27.1 Å². The molecule has 0 aliphatic carbocycles. The molecule has 4 rings (SSSR count). The van der Waals surface area contributed by atoms with E-state index in [9.17, 15) is 8.42 Å². The molecule has 0 spiro atoms. The van der Waals surface area contributed by atoms with Gasteiger partial charge in [-0.3, -0.25) is 0 Å². The number of anilines is 1. The number of rotatable bonds is 3. The van der Waals surface area contributed by atoms with Gasteiger partial charge in [-0.15, -0.1) is 0 Å².